The molecule has 3 heterocycles. The molecule has 240 valence electrons. The van der Waals surface area contributed by atoms with Gasteiger partial charge in [0.1, 0.15) is 12.7 Å². The Morgan fingerprint density at radius 2 is 1.60 bits per heavy atom. The van der Waals surface area contributed by atoms with Crippen molar-refractivity contribution in [2.75, 3.05) is 13.1 Å². The van der Waals surface area contributed by atoms with Gasteiger partial charge in [-0.3, -0.25) is 14.4 Å². The van der Waals surface area contributed by atoms with E-state index in [1.165, 1.54) is 56.1 Å². The molecule has 1 atom stereocenters. The number of aromatic nitrogens is 3. The summed E-state index contributed by atoms with van der Waals surface area (Å²) in [6.07, 6.45) is 17.5. The van der Waals surface area contributed by atoms with E-state index in [9.17, 15) is 4.79 Å². The lowest BCUT2D eigenvalue weighted by Gasteiger charge is -2.48. The smallest absolute Gasteiger partial charge is 0.240 e. The van der Waals surface area contributed by atoms with Crippen LogP contribution in [0.3, 0.4) is 0 Å². The van der Waals surface area contributed by atoms with Crippen LogP contribution in [0.2, 0.25) is 5.02 Å². The van der Waals surface area contributed by atoms with Crippen molar-refractivity contribution in [3.05, 3.63) is 82.9 Å². The molecule has 0 radical (unpaired) electrons. The van der Waals surface area contributed by atoms with Crippen molar-refractivity contribution >= 4 is 17.5 Å². The Balaban J connectivity index is 1.01. The molecular weight excluding hydrogens is 580 g/mol. The van der Waals surface area contributed by atoms with Crippen LogP contribution in [0.5, 0.6) is 0 Å². The lowest BCUT2D eigenvalue weighted by atomic mass is 9.63. The van der Waals surface area contributed by atoms with E-state index < -0.39 is 0 Å². The van der Waals surface area contributed by atoms with Crippen molar-refractivity contribution in [2.24, 2.45) is 11.3 Å². The highest BCUT2D eigenvalue weighted by Gasteiger charge is 2.44. The summed E-state index contributed by atoms with van der Waals surface area (Å²) in [5.74, 6) is 0.967. The number of hydrogen-bond donors (Lipinski definition) is 1. The molecule has 7 nitrogen and oxygen atoms in total. The quantitative estimate of drug-likeness (QED) is 0.288. The number of benzene rings is 2. The van der Waals surface area contributed by atoms with Gasteiger partial charge in [0.25, 0.3) is 0 Å². The molecule has 1 N–H and O–H groups in total. The van der Waals surface area contributed by atoms with Gasteiger partial charge in [-0.25, -0.2) is 4.98 Å². The van der Waals surface area contributed by atoms with Crippen LogP contribution >= 0.6 is 11.6 Å². The number of rotatable bonds is 9. The standard InChI is InChI=1S/C37H49ClN6O/c38-32-12-10-28(11-13-32)22-35(41-33-14-16-34(17-15-33)43-23-29-6-4-5-7-30(29)24-43)36(45)42-20-18-37(19-21-42,25-44-27-39-26-40-44)31-8-2-1-3-9-31/h4-7,10-13,26-27,31,33-35,41H,1-3,8-9,14-25H2/t33?,34?,35-/m1/s1. The first-order valence-corrected chi connectivity index (χ1v) is 17.8. The first kappa shape index (κ1) is 30.9. The number of halogens is 1. The highest BCUT2D eigenvalue weighted by molar-refractivity contribution is 6.30. The molecule has 7 rings (SSSR count). The molecule has 8 heteroatoms. The van der Waals surface area contributed by atoms with Gasteiger partial charge in [0.2, 0.25) is 5.91 Å². The molecule has 1 saturated heterocycles. The number of fused-ring (bicyclic) bond motifs is 1. The van der Waals surface area contributed by atoms with Crippen LogP contribution < -0.4 is 5.32 Å². The maximum absolute atomic E-state index is 14.3. The topological polar surface area (TPSA) is 66.3 Å². The largest absolute Gasteiger partial charge is 0.341 e. The molecule has 2 saturated carbocycles. The van der Waals surface area contributed by atoms with Crippen LogP contribution in [0, 0.1) is 11.3 Å². The lowest BCUT2D eigenvalue weighted by Crippen LogP contribution is -2.56. The van der Waals surface area contributed by atoms with Crippen molar-refractivity contribution in [3.63, 3.8) is 0 Å². The summed E-state index contributed by atoms with van der Waals surface area (Å²) in [5.41, 5.74) is 4.33. The van der Waals surface area contributed by atoms with Gasteiger partial charge in [-0.15, -0.1) is 0 Å². The SMILES string of the molecule is O=C([C@@H](Cc1ccc(Cl)cc1)NC1CCC(N2Cc3ccccc3C2)CC1)N1CCC(Cn2cncn2)(C2CCCCC2)CC1. The second-order valence-corrected chi connectivity index (χ2v) is 14.8. The second-order valence-electron chi connectivity index (χ2n) is 14.3. The van der Waals surface area contributed by atoms with Gasteiger partial charge in [-0.05, 0) is 97.9 Å². The predicted molar refractivity (Wildman–Crippen MR) is 179 cm³/mol. The fourth-order valence-corrected chi connectivity index (χ4v) is 9.15. The van der Waals surface area contributed by atoms with Gasteiger partial charge in [0.15, 0.2) is 0 Å². The second kappa shape index (κ2) is 13.9. The highest BCUT2D eigenvalue weighted by atomic mass is 35.5. The van der Waals surface area contributed by atoms with Crippen LogP contribution in [0.4, 0.5) is 0 Å². The van der Waals surface area contributed by atoms with Crippen LogP contribution in [0.1, 0.15) is 87.3 Å². The summed E-state index contributed by atoms with van der Waals surface area (Å²) >= 11 is 6.22. The van der Waals surface area contributed by atoms with Gasteiger partial charge < -0.3 is 10.2 Å². The molecule has 0 bridgehead atoms. The van der Waals surface area contributed by atoms with Crippen LogP contribution in [0.15, 0.2) is 61.2 Å². The Kier molecular flexibility index (Phi) is 9.57. The number of hydrogen-bond acceptors (Lipinski definition) is 5. The lowest BCUT2D eigenvalue weighted by molar-refractivity contribution is -0.137. The highest BCUT2D eigenvalue weighted by Crippen LogP contribution is 2.47. The first-order chi connectivity index (χ1) is 22.0. The van der Waals surface area contributed by atoms with E-state index in [1.54, 1.807) is 6.33 Å². The zero-order valence-electron chi connectivity index (χ0n) is 26.6. The number of nitrogens with zero attached hydrogens (tertiary/aromatic N) is 5. The molecule has 3 fully saturated rings. The molecule has 2 aliphatic heterocycles. The van der Waals surface area contributed by atoms with Gasteiger partial charge in [-0.1, -0.05) is 67.3 Å². The molecule has 2 aromatic carbocycles. The molecule has 3 aromatic rings. The molecule has 45 heavy (non-hydrogen) atoms. The zero-order chi connectivity index (χ0) is 30.6. The van der Waals surface area contributed by atoms with Crippen LogP contribution in [0.25, 0.3) is 0 Å². The first-order valence-electron chi connectivity index (χ1n) is 17.5. The van der Waals surface area contributed by atoms with Gasteiger partial charge in [0, 0.05) is 49.8 Å². The average molecular weight is 629 g/mol. The molecule has 2 aliphatic carbocycles. The molecular formula is C37H49ClN6O. The summed E-state index contributed by atoms with van der Waals surface area (Å²) in [7, 11) is 0. The Morgan fingerprint density at radius 3 is 2.24 bits per heavy atom. The molecule has 1 aromatic heterocycles. The van der Waals surface area contributed by atoms with Gasteiger partial charge >= 0.3 is 0 Å². The molecule has 4 aliphatic rings. The molecule has 0 unspecified atom stereocenters. The van der Waals surface area contributed by atoms with E-state index in [4.69, 9.17) is 11.6 Å². The van der Waals surface area contributed by atoms with Crippen molar-refractivity contribution in [1.29, 1.82) is 0 Å². The third-order valence-corrected chi connectivity index (χ3v) is 11.9. The van der Waals surface area contributed by atoms with E-state index in [1.807, 2.05) is 23.1 Å². The van der Waals surface area contributed by atoms with Gasteiger partial charge in [-0.2, -0.15) is 5.10 Å². The number of carbonyl (C=O) groups excluding carboxylic acids is 1. The Hall–Kier alpha value is -2.74. The molecule has 1 amide bonds. The maximum Gasteiger partial charge on any atom is 0.240 e. The van der Waals surface area contributed by atoms with E-state index >= 15 is 0 Å². The summed E-state index contributed by atoms with van der Waals surface area (Å²) in [6.45, 7) is 4.71. The number of nitrogens with one attached hydrogen (secondary N) is 1. The normalized spacial score (nSPS) is 24.8. The summed E-state index contributed by atoms with van der Waals surface area (Å²) in [4.78, 5) is 23.4. The van der Waals surface area contributed by atoms with Crippen LogP contribution in [-0.4, -0.2) is 61.7 Å². The number of carbonyl (C=O) groups is 1. The number of piperidine rings is 1. The van der Waals surface area contributed by atoms with Crippen molar-refractivity contribution in [1.82, 2.24) is 29.9 Å². The predicted octanol–water partition coefficient (Wildman–Crippen LogP) is 6.65. The third kappa shape index (κ3) is 7.16. The fourth-order valence-electron chi connectivity index (χ4n) is 9.02. The van der Waals surface area contributed by atoms with Crippen molar-refractivity contribution in [2.45, 2.75) is 115 Å². The van der Waals surface area contributed by atoms with Crippen LogP contribution in [-0.2, 0) is 30.8 Å². The summed E-state index contributed by atoms with van der Waals surface area (Å²) in [5, 5.41) is 9.13. The summed E-state index contributed by atoms with van der Waals surface area (Å²) in [6, 6.07) is 17.7. The third-order valence-electron chi connectivity index (χ3n) is 11.7. The monoisotopic (exact) mass is 628 g/mol. The Morgan fingerprint density at radius 1 is 0.911 bits per heavy atom. The van der Waals surface area contributed by atoms with Crippen molar-refractivity contribution < 1.29 is 4.79 Å². The maximum atomic E-state index is 14.3. The zero-order valence-corrected chi connectivity index (χ0v) is 27.4. The van der Waals surface area contributed by atoms with Gasteiger partial charge in [0.05, 0.1) is 6.04 Å². The van der Waals surface area contributed by atoms with E-state index in [0.717, 1.165) is 69.0 Å². The van der Waals surface area contributed by atoms with Crippen molar-refractivity contribution in [3.8, 4) is 0 Å². The van der Waals surface area contributed by atoms with E-state index in [2.05, 4.69) is 61.6 Å². The molecule has 0 spiro atoms. The number of amides is 1. The van der Waals surface area contributed by atoms with E-state index in [-0.39, 0.29) is 17.4 Å². The Labute approximate surface area is 273 Å². The number of likely N-dealkylation sites (tertiary alicyclic amines) is 1. The Bertz CT molecular complexity index is 1360. The minimum atomic E-state index is -0.221. The minimum absolute atomic E-state index is 0.192. The summed E-state index contributed by atoms with van der Waals surface area (Å²) < 4.78 is 2.04. The minimum Gasteiger partial charge on any atom is -0.341 e. The average Bonchev–Trinajstić information content (AvgIpc) is 3.76. The fraction of sp³-hybridized carbons (Fsp3) is 0.595. The van der Waals surface area contributed by atoms with E-state index in [0.29, 0.717) is 24.4 Å².